The number of nitrogens with one attached hydrogen (secondary N) is 2. The van der Waals surface area contributed by atoms with Gasteiger partial charge in [-0.15, -0.1) is 0 Å². The minimum atomic E-state index is -3.88. The van der Waals surface area contributed by atoms with Crippen LogP contribution in [0.4, 0.5) is 11.6 Å². The fourth-order valence-corrected chi connectivity index (χ4v) is 4.21. The maximum atomic E-state index is 12.5. The van der Waals surface area contributed by atoms with Gasteiger partial charge in [-0.2, -0.15) is 5.10 Å². The van der Waals surface area contributed by atoms with E-state index in [1.807, 2.05) is 0 Å². The van der Waals surface area contributed by atoms with Gasteiger partial charge in [0.2, 0.25) is 5.95 Å². The molecule has 0 atom stereocenters. The summed E-state index contributed by atoms with van der Waals surface area (Å²) in [6.07, 6.45) is 4.40. The van der Waals surface area contributed by atoms with Crippen LogP contribution in [0.25, 0.3) is 0 Å². The fraction of sp³-hybridized carbons (Fsp3) is 0.0476. The molecule has 2 aromatic heterocycles. The number of ether oxygens (including phenoxy) is 1. The molecule has 1 amide bonds. The van der Waals surface area contributed by atoms with Gasteiger partial charge in [0.15, 0.2) is 18.2 Å². The first-order chi connectivity index (χ1) is 16.3. The first-order valence-corrected chi connectivity index (χ1v) is 11.9. The molecule has 2 aromatic carbocycles. The Hall–Kier alpha value is -3.67. The van der Waals surface area contributed by atoms with Gasteiger partial charge in [-0.05, 0) is 48.5 Å². The van der Waals surface area contributed by atoms with Gasteiger partial charge >= 0.3 is 0 Å². The number of hydrogen-bond acceptors (Lipinski definition) is 7. The van der Waals surface area contributed by atoms with Crippen molar-refractivity contribution < 1.29 is 17.9 Å². The summed E-state index contributed by atoms with van der Waals surface area (Å²) in [7, 11) is -3.88. The molecule has 13 heteroatoms. The molecule has 2 heterocycles. The number of anilines is 2. The number of aromatic nitrogens is 4. The second-order valence-corrected chi connectivity index (χ2v) is 9.22. The number of sulfonamides is 1. The summed E-state index contributed by atoms with van der Waals surface area (Å²) in [5.41, 5.74) is 0.516. The van der Waals surface area contributed by atoms with Gasteiger partial charge in [0, 0.05) is 24.3 Å². The van der Waals surface area contributed by atoms with Crippen LogP contribution in [0.15, 0.2) is 78.1 Å². The van der Waals surface area contributed by atoms with Gasteiger partial charge in [-0.25, -0.2) is 27.8 Å². The number of halogens is 2. The minimum absolute atomic E-state index is 0.0125. The van der Waals surface area contributed by atoms with Crippen molar-refractivity contribution in [1.29, 1.82) is 0 Å². The molecule has 0 bridgehead atoms. The zero-order chi connectivity index (χ0) is 24.1. The van der Waals surface area contributed by atoms with E-state index in [2.05, 4.69) is 25.1 Å². The fourth-order valence-electron chi connectivity index (χ4n) is 2.75. The first kappa shape index (κ1) is 23.5. The van der Waals surface area contributed by atoms with Crippen molar-refractivity contribution in [2.75, 3.05) is 10.0 Å². The van der Waals surface area contributed by atoms with E-state index in [-0.39, 0.29) is 23.3 Å². The van der Waals surface area contributed by atoms with E-state index in [4.69, 9.17) is 27.9 Å². The molecule has 0 spiro atoms. The van der Waals surface area contributed by atoms with Crippen molar-refractivity contribution in [3.05, 3.63) is 88.9 Å². The van der Waals surface area contributed by atoms with Gasteiger partial charge < -0.3 is 10.1 Å². The average Bonchev–Trinajstić information content (AvgIpc) is 3.29. The lowest BCUT2D eigenvalue weighted by Gasteiger charge is -2.09. The van der Waals surface area contributed by atoms with E-state index in [9.17, 15) is 13.2 Å². The van der Waals surface area contributed by atoms with Crippen molar-refractivity contribution in [3.63, 3.8) is 0 Å². The molecule has 0 radical (unpaired) electrons. The Morgan fingerprint density at radius 3 is 2.32 bits per heavy atom. The van der Waals surface area contributed by atoms with Gasteiger partial charge in [0.05, 0.1) is 14.9 Å². The quantitative estimate of drug-likeness (QED) is 0.359. The average molecular weight is 519 g/mol. The van der Waals surface area contributed by atoms with Crippen molar-refractivity contribution in [3.8, 4) is 5.75 Å². The highest BCUT2D eigenvalue weighted by molar-refractivity contribution is 7.92. The smallest absolute Gasteiger partial charge is 0.276 e. The number of carbonyl (C=O) groups is 1. The monoisotopic (exact) mass is 518 g/mol. The number of para-hydroxylation sites is 1. The van der Waals surface area contributed by atoms with E-state index in [1.165, 1.54) is 47.4 Å². The van der Waals surface area contributed by atoms with Crippen molar-refractivity contribution >= 4 is 50.8 Å². The molecule has 0 unspecified atom stereocenters. The molecule has 0 aliphatic heterocycles. The first-order valence-electron chi connectivity index (χ1n) is 9.63. The maximum absolute atomic E-state index is 12.5. The summed E-state index contributed by atoms with van der Waals surface area (Å²) in [6.45, 7) is -0.0125. The molecule has 10 nitrogen and oxygen atoms in total. The number of benzene rings is 2. The van der Waals surface area contributed by atoms with Crippen LogP contribution in [-0.4, -0.2) is 34.1 Å². The van der Waals surface area contributed by atoms with Crippen LogP contribution < -0.4 is 14.8 Å². The molecule has 0 aliphatic carbocycles. The molecule has 0 saturated carbocycles. The predicted molar refractivity (Wildman–Crippen MR) is 127 cm³/mol. The van der Waals surface area contributed by atoms with Crippen LogP contribution in [0.5, 0.6) is 5.75 Å². The normalized spacial score (nSPS) is 11.1. The van der Waals surface area contributed by atoms with E-state index in [0.717, 1.165) is 0 Å². The van der Waals surface area contributed by atoms with Crippen LogP contribution >= 0.6 is 23.2 Å². The summed E-state index contributed by atoms with van der Waals surface area (Å²) < 4.78 is 34.2. The molecular formula is C21H16Cl2N6O4S. The van der Waals surface area contributed by atoms with E-state index >= 15 is 0 Å². The second-order valence-electron chi connectivity index (χ2n) is 6.72. The highest BCUT2D eigenvalue weighted by Crippen LogP contribution is 2.32. The standard InChI is InChI=1S/C21H16Cl2N6O4S/c22-16-3-1-4-17(23)19(16)33-13-29-12-9-18(27-29)20(30)26-14-5-7-15(8-6-14)34(31,32)28-21-24-10-2-11-25-21/h1-12H,13H2,(H,26,30)(H,24,25,28). The van der Waals surface area contributed by atoms with E-state index in [1.54, 1.807) is 30.5 Å². The number of nitrogens with zero attached hydrogens (tertiary/aromatic N) is 4. The van der Waals surface area contributed by atoms with Crippen LogP contribution in [0.3, 0.4) is 0 Å². The number of rotatable bonds is 8. The van der Waals surface area contributed by atoms with Crippen LogP contribution in [-0.2, 0) is 16.8 Å². The lowest BCUT2D eigenvalue weighted by molar-refractivity contribution is 0.102. The molecule has 4 aromatic rings. The molecule has 0 saturated heterocycles. The third-order valence-corrected chi connectivity index (χ3v) is 6.29. The predicted octanol–water partition coefficient (Wildman–Crippen LogP) is 4.07. The number of hydrogen-bond donors (Lipinski definition) is 2. The third-order valence-electron chi connectivity index (χ3n) is 4.35. The summed E-state index contributed by atoms with van der Waals surface area (Å²) >= 11 is 12.1. The molecule has 34 heavy (non-hydrogen) atoms. The second kappa shape index (κ2) is 10.1. The SMILES string of the molecule is O=C(Nc1ccc(S(=O)(=O)Nc2ncccn2)cc1)c1ccn(COc2c(Cl)cccc2Cl)n1. The molecule has 174 valence electrons. The summed E-state index contributed by atoms with van der Waals surface area (Å²) in [5.74, 6) is -0.215. The Bertz CT molecular complexity index is 1390. The summed E-state index contributed by atoms with van der Waals surface area (Å²) in [6, 6.07) is 13.7. The van der Waals surface area contributed by atoms with Crippen LogP contribution in [0.2, 0.25) is 10.0 Å². The molecular weight excluding hydrogens is 503 g/mol. The zero-order valence-corrected chi connectivity index (χ0v) is 19.5. The van der Waals surface area contributed by atoms with Gasteiger partial charge in [0.25, 0.3) is 15.9 Å². The minimum Gasteiger partial charge on any atom is -0.468 e. The van der Waals surface area contributed by atoms with Gasteiger partial charge in [0.1, 0.15) is 0 Å². The lowest BCUT2D eigenvalue weighted by atomic mass is 10.3. The highest BCUT2D eigenvalue weighted by atomic mass is 35.5. The molecule has 2 N–H and O–H groups in total. The van der Waals surface area contributed by atoms with Gasteiger partial charge in [-0.1, -0.05) is 29.3 Å². The van der Waals surface area contributed by atoms with Gasteiger partial charge in [-0.3, -0.25) is 4.79 Å². The van der Waals surface area contributed by atoms with Crippen LogP contribution in [0.1, 0.15) is 10.5 Å². The number of carbonyl (C=O) groups excluding carboxylic acids is 1. The van der Waals surface area contributed by atoms with Crippen molar-refractivity contribution in [2.24, 2.45) is 0 Å². The van der Waals surface area contributed by atoms with E-state index in [0.29, 0.717) is 21.5 Å². The Balaban J connectivity index is 1.37. The summed E-state index contributed by atoms with van der Waals surface area (Å²) in [4.78, 5) is 20.2. The van der Waals surface area contributed by atoms with Crippen LogP contribution in [0, 0.1) is 0 Å². The lowest BCUT2D eigenvalue weighted by Crippen LogP contribution is -2.16. The largest absolute Gasteiger partial charge is 0.468 e. The zero-order valence-electron chi connectivity index (χ0n) is 17.2. The third kappa shape index (κ3) is 5.63. The maximum Gasteiger partial charge on any atom is 0.276 e. The summed E-state index contributed by atoms with van der Waals surface area (Å²) in [5, 5.41) is 7.52. The Kier molecular flexibility index (Phi) is 6.96. The highest BCUT2D eigenvalue weighted by Gasteiger charge is 2.16. The molecule has 4 rings (SSSR count). The Morgan fingerprint density at radius 1 is 0.971 bits per heavy atom. The molecule has 0 aliphatic rings. The van der Waals surface area contributed by atoms with E-state index < -0.39 is 15.9 Å². The topological polar surface area (TPSA) is 128 Å². The van der Waals surface area contributed by atoms with Crippen molar-refractivity contribution in [1.82, 2.24) is 19.7 Å². The Morgan fingerprint density at radius 2 is 1.65 bits per heavy atom. The van der Waals surface area contributed by atoms with Crippen molar-refractivity contribution in [2.45, 2.75) is 11.6 Å². The molecule has 0 fully saturated rings. The number of amides is 1. The Labute approximate surface area is 204 Å².